The van der Waals surface area contributed by atoms with Crippen LogP contribution in [0, 0.1) is 11.3 Å². The summed E-state index contributed by atoms with van der Waals surface area (Å²) in [5, 5.41) is 22.0. The number of fused-ring (bicyclic) bond motifs is 2. The summed E-state index contributed by atoms with van der Waals surface area (Å²) >= 11 is 6.07. The molecule has 20 heavy (non-hydrogen) atoms. The van der Waals surface area contributed by atoms with Crippen molar-refractivity contribution in [1.82, 2.24) is 0 Å². The van der Waals surface area contributed by atoms with Crippen molar-refractivity contribution in [3.63, 3.8) is 0 Å². The van der Waals surface area contributed by atoms with Crippen molar-refractivity contribution in [1.29, 1.82) is 0 Å². The normalized spacial score (nSPS) is 56.5. The molecule has 0 aromatic carbocycles. The molecule has 1 spiro atoms. The molecular weight excluding hydrogens is 284 g/mol. The van der Waals surface area contributed by atoms with E-state index < -0.39 is 22.6 Å². The third-order valence-electron chi connectivity index (χ3n) is 5.30. The van der Waals surface area contributed by atoms with Crippen molar-refractivity contribution >= 4 is 17.4 Å². The smallest absolute Gasteiger partial charge is 0.251 e. The van der Waals surface area contributed by atoms with Crippen LogP contribution in [0.4, 0.5) is 0 Å². The molecule has 2 heterocycles. The van der Waals surface area contributed by atoms with Crippen molar-refractivity contribution < 1.29 is 24.5 Å². The van der Waals surface area contributed by atoms with E-state index in [1.807, 2.05) is 0 Å². The zero-order chi connectivity index (χ0) is 14.6. The molecule has 2 saturated heterocycles. The molecule has 0 radical (unpaired) electrons. The van der Waals surface area contributed by atoms with Crippen LogP contribution in [0.1, 0.15) is 20.3 Å². The van der Waals surface area contributed by atoms with E-state index in [1.54, 1.807) is 13.8 Å². The minimum absolute atomic E-state index is 0.0643. The number of halogens is 1. The van der Waals surface area contributed by atoms with Crippen LogP contribution < -0.4 is 0 Å². The van der Waals surface area contributed by atoms with E-state index in [2.05, 4.69) is 0 Å². The van der Waals surface area contributed by atoms with Gasteiger partial charge in [-0.05, 0) is 26.3 Å². The molecule has 0 aromatic rings. The Kier molecular flexibility index (Phi) is 2.08. The monoisotopic (exact) mass is 298 g/mol. The number of hydrogen-bond acceptors (Lipinski definition) is 5. The summed E-state index contributed by atoms with van der Waals surface area (Å²) < 4.78 is 11.3. The highest BCUT2D eigenvalue weighted by molar-refractivity contribution is 6.32. The Morgan fingerprint density at radius 2 is 2.25 bits per heavy atom. The second kappa shape index (κ2) is 3.20. The van der Waals surface area contributed by atoms with Crippen molar-refractivity contribution in [2.45, 2.75) is 37.4 Å². The SMILES string of the molecule is C/C=C(\Cl)C1=CC(=O)C23CC2C2(C)COC1(O)C3(O)O2. The van der Waals surface area contributed by atoms with Gasteiger partial charge in [-0.1, -0.05) is 17.7 Å². The summed E-state index contributed by atoms with van der Waals surface area (Å²) in [6.07, 6.45) is 3.33. The third-order valence-corrected chi connectivity index (χ3v) is 5.72. The Bertz CT molecular complexity index is 613. The van der Waals surface area contributed by atoms with E-state index in [4.69, 9.17) is 21.1 Å². The zero-order valence-electron chi connectivity index (χ0n) is 11.1. The van der Waals surface area contributed by atoms with Gasteiger partial charge in [-0.15, -0.1) is 0 Å². The maximum atomic E-state index is 12.5. The largest absolute Gasteiger partial charge is 0.360 e. The van der Waals surface area contributed by atoms with Crippen LogP contribution in [0.3, 0.4) is 0 Å². The maximum Gasteiger partial charge on any atom is 0.251 e. The van der Waals surface area contributed by atoms with E-state index >= 15 is 0 Å². The fraction of sp³-hybridized carbons (Fsp3) is 0.643. The first kappa shape index (κ1) is 13.0. The van der Waals surface area contributed by atoms with E-state index in [1.165, 1.54) is 12.2 Å². The van der Waals surface area contributed by atoms with E-state index in [0.29, 0.717) is 6.42 Å². The average Bonchev–Trinajstić information content (AvgIpc) is 3.13. The minimum Gasteiger partial charge on any atom is -0.360 e. The van der Waals surface area contributed by atoms with Crippen LogP contribution in [-0.4, -0.2) is 39.8 Å². The molecule has 2 aliphatic carbocycles. The van der Waals surface area contributed by atoms with Crippen LogP contribution in [-0.2, 0) is 14.3 Å². The maximum absolute atomic E-state index is 12.5. The highest BCUT2D eigenvalue weighted by Crippen LogP contribution is 2.77. The second-order valence-corrected chi connectivity index (χ2v) is 6.69. The van der Waals surface area contributed by atoms with E-state index in [-0.39, 0.29) is 28.9 Å². The number of ether oxygens (including phenoxy) is 2. The first-order valence-corrected chi connectivity index (χ1v) is 7.01. The van der Waals surface area contributed by atoms with Crippen LogP contribution in [0.5, 0.6) is 0 Å². The van der Waals surface area contributed by atoms with Gasteiger partial charge in [0.15, 0.2) is 5.78 Å². The van der Waals surface area contributed by atoms with E-state index in [9.17, 15) is 15.0 Å². The summed E-state index contributed by atoms with van der Waals surface area (Å²) in [7, 11) is 0. The number of ketones is 1. The predicted octanol–water partition coefficient (Wildman–Crippen LogP) is 0.841. The number of carbonyl (C=O) groups excluding carboxylic acids is 1. The van der Waals surface area contributed by atoms with Crippen molar-refractivity contribution in [2.24, 2.45) is 11.3 Å². The molecule has 3 fully saturated rings. The number of allylic oxidation sites excluding steroid dienone is 2. The Labute approximate surface area is 120 Å². The minimum atomic E-state index is -2.10. The molecular formula is C14H15ClO5. The molecule has 1 saturated carbocycles. The lowest BCUT2D eigenvalue weighted by Gasteiger charge is -2.52. The summed E-state index contributed by atoms with van der Waals surface area (Å²) in [5.41, 5.74) is -1.78. The van der Waals surface area contributed by atoms with Gasteiger partial charge in [-0.2, -0.15) is 0 Å². The molecule has 4 rings (SSSR count). The Morgan fingerprint density at radius 1 is 1.55 bits per heavy atom. The van der Waals surface area contributed by atoms with Crippen LogP contribution in [0.2, 0.25) is 0 Å². The lowest BCUT2D eigenvalue weighted by atomic mass is 9.74. The van der Waals surface area contributed by atoms with Gasteiger partial charge in [0.05, 0.1) is 17.6 Å². The van der Waals surface area contributed by atoms with Crippen LogP contribution >= 0.6 is 11.6 Å². The standard InChI is InChI=1S/C14H15ClO5/c1-3-8(15)7-4-10(16)12-5-9(12)11(2)6-19-13(7,17)14(12,18)20-11/h3-4,9,17-18H,5-6H2,1-2H3/b8-3-. The van der Waals surface area contributed by atoms with E-state index in [0.717, 1.165) is 0 Å². The molecule has 108 valence electrons. The highest BCUT2D eigenvalue weighted by Gasteiger charge is 2.91. The predicted molar refractivity (Wildman–Crippen MR) is 68.6 cm³/mol. The first-order valence-electron chi connectivity index (χ1n) is 6.63. The summed E-state index contributed by atoms with van der Waals surface area (Å²) in [6, 6.07) is 0. The molecule has 4 aliphatic rings. The van der Waals surface area contributed by atoms with Crippen molar-refractivity contribution in [2.75, 3.05) is 6.61 Å². The summed E-state index contributed by atoms with van der Waals surface area (Å²) in [4.78, 5) is 12.5. The number of aliphatic hydroxyl groups is 2. The fourth-order valence-corrected chi connectivity index (χ4v) is 4.35. The molecule has 0 aromatic heterocycles. The lowest BCUT2D eigenvalue weighted by molar-refractivity contribution is -0.432. The Hall–Kier alpha value is -0.720. The molecule has 5 unspecified atom stereocenters. The molecule has 6 heteroatoms. The second-order valence-electron chi connectivity index (χ2n) is 6.28. The molecule has 0 amide bonds. The third kappa shape index (κ3) is 1.01. The van der Waals surface area contributed by atoms with Gasteiger partial charge < -0.3 is 19.7 Å². The number of hydrogen-bond donors (Lipinski definition) is 2. The molecule has 2 bridgehead atoms. The van der Waals surface area contributed by atoms with Gasteiger partial charge in [-0.3, -0.25) is 4.79 Å². The Morgan fingerprint density at radius 3 is 2.90 bits per heavy atom. The van der Waals surface area contributed by atoms with Gasteiger partial charge in [0, 0.05) is 16.5 Å². The number of carbonyl (C=O) groups is 1. The molecule has 5 nitrogen and oxygen atoms in total. The lowest BCUT2D eigenvalue weighted by Crippen LogP contribution is -2.70. The molecule has 5 atom stereocenters. The zero-order valence-corrected chi connectivity index (χ0v) is 11.9. The van der Waals surface area contributed by atoms with Gasteiger partial charge >= 0.3 is 0 Å². The highest BCUT2D eigenvalue weighted by atomic mass is 35.5. The quantitative estimate of drug-likeness (QED) is 0.750. The summed E-state index contributed by atoms with van der Waals surface area (Å²) in [6.45, 7) is 3.58. The van der Waals surface area contributed by atoms with Crippen LogP contribution in [0.25, 0.3) is 0 Å². The first-order chi connectivity index (χ1) is 9.25. The van der Waals surface area contributed by atoms with Gasteiger partial charge in [0.2, 0.25) is 5.79 Å². The van der Waals surface area contributed by atoms with Gasteiger partial charge in [0.1, 0.15) is 0 Å². The van der Waals surface area contributed by atoms with Crippen LogP contribution in [0.15, 0.2) is 22.8 Å². The topological polar surface area (TPSA) is 76.0 Å². The Balaban J connectivity index is 1.99. The average molecular weight is 299 g/mol. The van der Waals surface area contributed by atoms with Gasteiger partial charge in [-0.25, -0.2) is 0 Å². The molecule has 2 aliphatic heterocycles. The number of rotatable bonds is 1. The van der Waals surface area contributed by atoms with Crippen molar-refractivity contribution in [3.8, 4) is 0 Å². The van der Waals surface area contributed by atoms with Crippen molar-refractivity contribution in [3.05, 3.63) is 22.8 Å². The summed E-state index contributed by atoms with van der Waals surface area (Å²) in [5.74, 6) is -4.56. The molecule has 2 N–H and O–H groups in total. The fourth-order valence-electron chi connectivity index (χ4n) is 4.17. The van der Waals surface area contributed by atoms with Gasteiger partial charge in [0.25, 0.3) is 5.79 Å².